The molecule has 10 rings (SSSR count). The van der Waals surface area contributed by atoms with Crippen LogP contribution in [-0.4, -0.2) is 96.1 Å². The highest BCUT2D eigenvalue weighted by molar-refractivity contribution is 6.33. The van der Waals surface area contributed by atoms with E-state index in [4.69, 9.17) is 18.2 Å². The van der Waals surface area contributed by atoms with Crippen molar-refractivity contribution >= 4 is 58.2 Å². The normalized spacial score (nSPS) is 23.8. The molecular weight excluding hydrogens is 742 g/mol. The smallest absolute Gasteiger partial charge is 0.262 e. The molecule has 6 aliphatic heterocycles. The van der Waals surface area contributed by atoms with Crippen LogP contribution in [-0.2, 0) is 22.7 Å². The van der Waals surface area contributed by atoms with Crippen LogP contribution in [0.5, 0.6) is 0 Å². The van der Waals surface area contributed by atoms with Gasteiger partial charge in [0, 0.05) is 92.7 Å². The molecule has 4 saturated heterocycles. The quantitative estimate of drug-likeness (QED) is 0.252. The Labute approximate surface area is 336 Å². The van der Waals surface area contributed by atoms with Gasteiger partial charge in [-0.3, -0.25) is 39.1 Å². The third kappa shape index (κ3) is 6.18. The molecule has 5 fully saturated rings. The van der Waals surface area contributed by atoms with Gasteiger partial charge in [-0.05, 0) is 110 Å². The van der Waals surface area contributed by atoms with Gasteiger partial charge in [0.1, 0.15) is 6.04 Å². The molecule has 1 atom stereocenters. The van der Waals surface area contributed by atoms with E-state index in [2.05, 4.69) is 37.0 Å². The number of imide groups is 2. The molecule has 13 heteroatoms. The van der Waals surface area contributed by atoms with Crippen molar-refractivity contribution in [2.45, 2.75) is 64.1 Å². The average Bonchev–Trinajstić information content (AvgIpc) is 3.85. The lowest BCUT2D eigenvalue weighted by Crippen LogP contribution is -2.64. The topological polar surface area (TPSA) is 118 Å². The van der Waals surface area contributed by atoms with E-state index in [0.717, 1.165) is 105 Å². The van der Waals surface area contributed by atoms with Crippen molar-refractivity contribution in [1.82, 2.24) is 20.0 Å². The van der Waals surface area contributed by atoms with Gasteiger partial charge in [-0.25, -0.2) is 4.85 Å². The number of hydrogen-bond donors (Lipinski definition) is 1. The summed E-state index contributed by atoms with van der Waals surface area (Å²) >= 11 is 6.34. The van der Waals surface area contributed by atoms with Gasteiger partial charge < -0.3 is 14.7 Å². The van der Waals surface area contributed by atoms with Crippen molar-refractivity contribution in [2.75, 3.05) is 55.6 Å². The molecule has 1 unspecified atom stereocenters. The highest BCUT2D eigenvalue weighted by Crippen LogP contribution is 2.53. The zero-order valence-corrected chi connectivity index (χ0v) is 32.5. The number of benzene rings is 3. The van der Waals surface area contributed by atoms with E-state index in [1.165, 1.54) is 5.69 Å². The third-order valence-electron chi connectivity index (χ3n) is 14.0. The van der Waals surface area contributed by atoms with E-state index in [1.807, 2.05) is 47.4 Å². The Morgan fingerprint density at radius 1 is 0.807 bits per heavy atom. The number of fused-ring (bicyclic) bond motifs is 2. The monoisotopic (exact) mass is 785 g/mol. The van der Waals surface area contributed by atoms with Crippen LogP contribution < -0.4 is 15.1 Å². The first-order valence-electron chi connectivity index (χ1n) is 20.2. The molecule has 57 heavy (non-hydrogen) atoms. The fraction of sp³-hybridized carbons (Fsp3) is 0.455. The summed E-state index contributed by atoms with van der Waals surface area (Å²) in [5.41, 5.74) is 6.76. The van der Waals surface area contributed by atoms with Gasteiger partial charge in [0.15, 0.2) is 0 Å². The SMILES string of the molecule is [C-]#[N+]c1ccc(N2CCC3(CCN(c4ccc(C(=O)N5CC6(CC(CN7Cc8cc9c(cc8C7)C(=O)N(C7CCC(=O)NC7=O)C9=O)C6)C5)cc4)CC3)C2)cc1Cl. The first-order chi connectivity index (χ1) is 27.5. The molecule has 0 aromatic heterocycles. The molecule has 1 saturated carbocycles. The zero-order chi connectivity index (χ0) is 39.2. The summed E-state index contributed by atoms with van der Waals surface area (Å²) in [6.07, 6.45) is 5.83. The van der Waals surface area contributed by atoms with Crippen molar-refractivity contribution in [1.29, 1.82) is 0 Å². The van der Waals surface area contributed by atoms with Gasteiger partial charge in [0.25, 0.3) is 17.7 Å². The number of rotatable bonds is 6. The molecule has 6 heterocycles. The van der Waals surface area contributed by atoms with E-state index in [-0.39, 0.29) is 30.1 Å². The largest absolute Gasteiger partial charge is 0.371 e. The van der Waals surface area contributed by atoms with E-state index in [9.17, 15) is 24.0 Å². The second-order valence-electron chi connectivity index (χ2n) is 17.7. The molecule has 3 aromatic carbocycles. The van der Waals surface area contributed by atoms with E-state index >= 15 is 0 Å². The molecule has 0 radical (unpaired) electrons. The van der Waals surface area contributed by atoms with Crippen LogP contribution in [0.15, 0.2) is 54.6 Å². The number of amides is 5. The Morgan fingerprint density at radius 3 is 2.05 bits per heavy atom. The molecule has 1 N–H and O–H groups in total. The van der Waals surface area contributed by atoms with Crippen LogP contribution in [0, 0.1) is 23.3 Å². The lowest BCUT2D eigenvalue weighted by molar-refractivity contribution is -0.136. The molecule has 3 aromatic rings. The molecule has 12 nitrogen and oxygen atoms in total. The summed E-state index contributed by atoms with van der Waals surface area (Å²) < 4.78 is 0. The summed E-state index contributed by atoms with van der Waals surface area (Å²) in [6, 6.07) is 16.6. The van der Waals surface area contributed by atoms with E-state index in [0.29, 0.717) is 46.3 Å². The van der Waals surface area contributed by atoms with Crippen LogP contribution in [0.25, 0.3) is 4.85 Å². The second-order valence-corrected chi connectivity index (χ2v) is 18.1. The van der Waals surface area contributed by atoms with Gasteiger partial charge in [-0.2, -0.15) is 0 Å². The maximum absolute atomic E-state index is 13.5. The third-order valence-corrected chi connectivity index (χ3v) is 14.3. The molecule has 1 aliphatic carbocycles. The number of carbonyl (C=O) groups excluding carboxylic acids is 5. The zero-order valence-electron chi connectivity index (χ0n) is 31.8. The molecular formula is C44H44ClN7O5. The second kappa shape index (κ2) is 13.4. The van der Waals surface area contributed by atoms with Crippen LogP contribution in [0.1, 0.15) is 87.1 Å². The number of likely N-dealkylation sites (tertiary alicyclic amines) is 1. The number of hydrogen-bond acceptors (Lipinski definition) is 8. The lowest BCUT2D eigenvalue weighted by atomic mass is 9.57. The first-order valence-corrected chi connectivity index (χ1v) is 20.5. The van der Waals surface area contributed by atoms with E-state index < -0.39 is 23.8 Å². The number of carbonyl (C=O) groups is 5. The summed E-state index contributed by atoms with van der Waals surface area (Å²) in [5.74, 6) is -1.27. The first kappa shape index (κ1) is 36.1. The number of halogens is 1. The van der Waals surface area contributed by atoms with Crippen LogP contribution in [0.3, 0.4) is 0 Å². The highest BCUT2D eigenvalue weighted by atomic mass is 35.5. The molecule has 292 valence electrons. The van der Waals surface area contributed by atoms with E-state index in [1.54, 1.807) is 0 Å². The van der Waals surface area contributed by atoms with Gasteiger partial charge in [0.05, 0.1) is 17.7 Å². The standard InChI is InChI=1S/C44H44ClN7O5/c1-46-36-7-6-32(18-35(36)45)50-15-12-43(24-50)10-13-49(14-11-43)31-4-2-28(3-5-31)40(55)51-25-44(26-51)19-27(20-44)21-48-22-29-16-33-34(17-30(29)23-48)42(57)52(41(33)56)37-8-9-38(53)47-39(37)54/h2-7,16-18,27,37H,8-15,19-26H2,(H,47,53,54). The van der Waals surface area contributed by atoms with Gasteiger partial charge in [-0.15, -0.1) is 0 Å². The van der Waals surface area contributed by atoms with Crippen molar-refractivity contribution in [2.24, 2.45) is 16.7 Å². The Hall–Kier alpha value is -5.25. The fourth-order valence-electron chi connectivity index (χ4n) is 11.0. The lowest BCUT2D eigenvalue weighted by Gasteiger charge is -2.59. The predicted molar refractivity (Wildman–Crippen MR) is 213 cm³/mol. The van der Waals surface area contributed by atoms with Crippen LogP contribution in [0.4, 0.5) is 17.1 Å². The van der Waals surface area contributed by atoms with Crippen molar-refractivity contribution in [3.63, 3.8) is 0 Å². The highest BCUT2D eigenvalue weighted by Gasteiger charge is 2.54. The van der Waals surface area contributed by atoms with Crippen molar-refractivity contribution in [3.8, 4) is 0 Å². The summed E-state index contributed by atoms with van der Waals surface area (Å²) in [6.45, 7) is 15.2. The van der Waals surface area contributed by atoms with Crippen molar-refractivity contribution < 1.29 is 24.0 Å². The van der Waals surface area contributed by atoms with Gasteiger partial charge >= 0.3 is 0 Å². The Balaban J connectivity index is 0.677. The summed E-state index contributed by atoms with van der Waals surface area (Å²) in [4.78, 5) is 77.8. The molecule has 5 amide bonds. The van der Waals surface area contributed by atoms with Crippen LogP contribution >= 0.6 is 11.6 Å². The minimum absolute atomic E-state index is 0.0999. The number of anilines is 2. The maximum atomic E-state index is 13.5. The van der Waals surface area contributed by atoms with Crippen molar-refractivity contribution in [3.05, 3.63) is 98.9 Å². The number of nitrogens with one attached hydrogen (secondary N) is 1. The van der Waals surface area contributed by atoms with Gasteiger partial charge in [0.2, 0.25) is 17.5 Å². The van der Waals surface area contributed by atoms with Crippen LogP contribution in [0.2, 0.25) is 5.02 Å². The van der Waals surface area contributed by atoms with Gasteiger partial charge in [-0.1, -0.05) is 17.7 Å². The Kier molecular flexibility index (Phi) is 8.50. The maximum Gasteiger partial charge on any atom is 0.262 e. The Bertz CT molecular complexity index is 2240. The Morgan fingerprint density at radius 2 is 1.44 bits per heavy atom. The number of nitrogens with zero attached hydrogens (tertiary/aromatic N) is 6. The average molecular weight is 786 g/mol. The number of piperidine rings is 2. The fourth-order valence-corrected chi connectivity index (χ4v) is 11.2. The molecule has 7 aliphatic rings. The summed E-state index contributed by atoms with van der Waals surface area (Å²) in [5, 5.41) is 2.77. The minimum atomic E-state index is -0.959. The molecule has 0 bridgehead atoms. The molecule has 2 spiro atoms. The predicted octanol–water partition coefficient (Wildman–Crippen LogP) is 5.66. The summed E-state index contributed by atoms with van der Waals surface area (Å²) in [7, 11) is 0. The minimum Gasteiger partial charge on any atom is -0.371 e.